The molecule has 1 saturated heterocycles. The lowest BCUT2D eigenvalue weighted by molar-refractivity contribution is -0.313. The van der Waals surface area contributed by atoms with Gasteiger partial charge in [0, 0.05) is 18.6 Å². The van der Waals surface area contributed by atoms with Crippen molar-refractivity contribution in [2.24, 2.45) is 34.5 Å². The Hall–Kier alpha value is -1.03. The maximum Gasteiger partial charge on any atom is 0.331 e. The molecule has 3 N–H and O–H groups in total. The lowest BCUT2D eigenvalue weighted by Crippen LogP contribution is -2.62. The van der Waals surface area contributed by atoms with E-state index in [9.17, 15) is 20.1 Å². The van der Waals surface area contributed by atoms with E-state index in [0.29, 0.717) is 18.4 Å². The van der Waals surface area contributed by atoms with E-state index < -0.39 is 36.3 Å². The summed E-state index contributed by atoms with van der Waals surface area (Å²) in [5, 5.41) is 33.5. The van der Waals surface area contributed by atoms with Gasteiger partial charge in [0.1, 0.15) is 24.9 Å². The number of methoxy groups -OCH3 is 1. The smallest absolute Gasteiger partial charge is 0.331 e. The Balaban J connectivity index is 1.16. The van der Waals surface area contributed by atoms with Gasteiger partial charge in [0.15, 0.2) is 6.29 Å². The monoisotopic (exact) mass is 534 g/mol. The highest BCUT2D eigenvalue weighted by Crippen LogP contribution is 2.70. The van der Waals surface area contributed by atoms with E-state index in [1.54, 1.807) is 13.0 Å². The summed E-state index contributed by atoms with van der Waals surface area (Å²) in [4.78, 5) is 11.8. The second-order valence-electron chi connectivity index (χ2n) is 13.7. The molecule has 3 unspecified atom stereocenters. The van der Waals surface area contributed by atoms with Crippen molar-refractivity contribution >= 4 is 5.97 Å². The van der Waals surface area contributed by atoms with E-state index in [1.165, 1.54) is 7.11 Å². The fourth-order valence-electron chi connectivity index (χ4n) is 10.1. The third kappa shape index (κ3) is 3.88. The van der Waals surface area contributed by atoms with Gasteiger partial charge in [0.25, 0.3) is 0 Å². The molecule has 0 amide bonds. The number of carbonyl (C=O) groups is 1. The highest BCUT2D eigenvalue weighted by Gasteiger charge is 2.67. The first-order valence-electron chi connectivity index (χ1n) is 14.8. The van der Waals surface area contributed by atoms with E-state index >= 15 is 0 Å². The zero-order chi connectivity index (χ0) is 27.0. The molecule has 6 rings (SSSR count). The minimum absolute atomic E-state index is 0.0103. The molecular weight excluding hydrogens is 488 g/mol. The van der Waals surface area contributed by atoms with Crippen LogP contribution in [0.25, 0.3) is 0 Å². The molecule has 8 nitrogen and oxygen atoms in total. The van der Waals surface area contributed by atoms with Gasteiger partial charge < -0.3 is 34.3 Å². The molecule has 2 heterocycles. The van der Waals surface area contributed by atoms with Crippen molar-refractivity contribution in [1.82, 2.24) is 0 Å². The Morgan fingerprint density at radius 2 is 1.79 bits per heavy atom. The van der Waals surface area contributed by atoms with E-state index in [4.69, 9.17) is 18.9 Å². The molecule has 4 aliphatic carbocycles. The molecule has 38 heavy (non-hydrogen) atoms. The first kappa shape index (κ1) is 27.2. The van der Waals surface area contributed by atoms with Crippen LogP contribution in [0.1, 0.15) is 78.6 Å². The number of aliphatic hydroxyl groups is 3. The topological polar surface area (TPSA) is 115 Å². The van der Waals surface area contributed by atoms with E-state index in [-0.39, 0.29) is 34.7 Å². The number of hydrogen-bond donors (Lipinski definition) is 3. The lowest BCUT2D eigenvalue weighted by Gasteiger charge is -2.64. The highest BCUT2D eigenvalue weighted by atomic mass is 16.7. The van der Waals surface area contributed by atoms with Gasteiger partial charge in [-0.25, -0.2) is 4.79 Å². The fourth-order valence-corrected chi connectivity index (χ4v) is 10.1. The van der Waals surface area contributed by atoms with Gasteiger partial charge in [0.2, 0.25) is 0 Å². The summed E-state index contributed by atoms with van der Waals surface area (Å²) in [6.07, 6.45) is 6.45. The highest BCUT2D eigenvalue weighted by molar-refractivity contribution is 5.85. The van der Waals surface area contributed by atoms with Crippen LogP contribution in [0.2, 0.25) is 0 Å². The lowest BCUT2D eigenvalue weighted by atomic mass is 9.43. The van der Waals surface area contributed by atoms with Crippen molar-refractivity contribution in [2.75, 3.05) is 13.7 Å². The number of hydrogen-bond acceptors (Lipinski definition) is 8. The Bertz CT molecular complexity index is 968. The first-order valence-corrected chi connectivity index (χ1v) is 14.8. The number of ether oxygens (including phenoxy) is 4. The standard InChI is InChI=1S/C30H46O8/c1-16-24(32)26(35-4)25(33)27(37-16)38-19-7-10-28(2)18(14-19)5-6-22-21(28)8-11-29(3)20(9-12-30(22,29)34)17-13-23(31)36-15-17/h13,16,18-22,24-27,32-34H,5-12,14-15H2,1-4H3/t16-,18+,19-,20+,21?,22?,24-,25-,26+,27?,28-,29+,30-/m0/s1. The first-order chi connectivity index (χ1) is 18.0. The van der Waals surface area contributed by atoms with Gasteiger partial charge in [-0.05, 0) is 99.4 Å². The van der Waals surface area contributed by atoms with E-state index in [2.05, 4.69) is 13.8 Å². The van der Waals surface area contributed by atoms with Crippen molar-refractivity contribution in [1.29, 1.82) is 0 Å². The van der Waals surface area contributed by atoms with Crippen molar-refractivity contribution in [3.63, 3.8) is 0 Å². The molecule has 4 saturated carbocycles. The molecule has 2 aliphatic heterocycles. The minimum Gasteiger partial charge on any atom is -0.458 e. The maximum absolute atomic E-state index is 12.4. The summed E-state index contributed by atoms with van der Waals surface area (Å²) in [5.74, 6) is 1.22. The largest absolute Gasteiger partial charge is 0.458 e. The van der Waals surface area contributed by atoms with Crippen molar-refractivity contribution in [3.8, 4) is 0 Å². The van der Waals surface area contributed by atoms with Gasteiger partial charge in [-0.2, -0.15) is 0 Å². The van der Waals surface area contributed by atoms with Crippen LogP contribution in [-0.4, -0.2) is 77.4 Å². The number of aliphatic hydroxyl groups excluding tert-OH is 2. The summed E-state index contributed by atoms with van der Waals surface area (Å²) < 4.78 is 22.8. The number of fused-ring (bicyclic) bond motifs is 5. The Labute approximate surface area is 226 Å². The van der Waals surface area contributed by atoms with Crippen LogP contribution in [0, 0.1) is 34.5 Å². The molecule has 214 valence electrons. The Morgan fingerprint density at radius 1 is 1.00 bits per heavy atom. The number of cyclic esters (lactones) is 1. The van der Waals surface area contributed by atoms with Crippen LogP contribution in [0.15, 0.2) is 11.6 Å². The van der Waals surface area contributed by atoms with Gasteiger partial charge in [-0.3, -0.25) is 0 Å². The van der Waals surface area contributed by atoms with Gasteiger partial charge in [-0.1, -0.05) is 13.8 Å². The predicted molar refractivity (Wildman–Crippen MR) is 138 cm³/mol. The van der Waals surface area contributed by atoms with Crippen LogP contribution in [0.4, 0.5) is 0 Å². The molecule has 0 spiro atoms. The number of esters is 1. The second kappa shape index (κ2) is 9.52. The molecule has 0 radical (unpaired) electrons. The number of carbonyl (C=O) groups excluding carboxylic acids is 1. The van der Waals surface area contributed by atoms with Gasteiger partial charge in [0.05, 0.1) is 17.8 Å². The third-order valence-electron chi connectivity index (χ3n) is 12.3. The molecule has 13 atom stereocenters. The van der Waals surface area contributed by atoms with Gasteiger partial charge >= 0.3 is 5.97 Å². The molecule has 0 aromatic rings. The molecular formula is C30H46O8. The molecule has 8 heteroatoms. The third-order valence-corrected chi connectivity index (χ3v) is 12.3. The van der Waals surface area contributed by atoms with Crippen LogP contribution < -0.4 is 0 Å². The van der Waals surface area contributed by atoms with Crippen LogP contribution >= 0.6 is 0 Å². The van der Waals surface area contributed by atoms with E-state index in [0.717, 1.165) is 63.4 Å². The van der Waals surface area contributed by atoms with Crippen molar-refractivity contribution in [2.45, 2.75) is 121 Å². The summed E-state index contributed by atoms with van der Waals surface area (Å²) >= 11 is 0. The molecule has 6 aliphatic rings. The fraction of sp³-hybridized carbons (Fsp3) is 0.900. The zero-order valence-electron chi connectivity index (χ0n) is 23.3. The normalized spacial score (nSPS) is 54.5. The van der Waals surface area contributed by atoms with Crippen LogP contribution in [-0.2, 0) is 23.7 Å². The quantitative estimate of drug-likeness (QED) is 0.372. The summed E-state index contributed by atoms with van der Waals surface area (Å²) in [7, 11) is 1.49. The molecule has 5 fully saturated rings. The number of rotatable bonds is 4. The Morgan fingerprint density at radius 3 is 2.50 bits per heavy atom. The minimum atomic E-state index is -1.04. The summed E-state index contributed by atoms with van der Waals surface area (Å²) in [6, 6.07) is 0. The predicted octanol–water partition coefficient (Wildman–Crippen LogP) is 3.11. The molecule has 0 bridgehead atoms. The zero-order valence-corrected chi connectivity index (χ0v) is 23.3. The summed E-state index contributed by atoms with van der Waals surface area (Å²) in [5.41, 5.74) is 0.300. The molecule has 0 aromatic heterocycles. The summed E-state index contributed by atoms with van der Waals surface area (Å²) in [6.45, 7) is 6.87. The van der Waals surface area contributed by atoms with Crippen molar-refractivity contribution < 1.29 is 39.1 Å². The average molecular weight is 535 g/mol. The maximum atomic E-state index is 12.4. The van der Waals surface area contributed by atoms with Crippen LogP contribution in [0.5, 0.6) is 0 Å². The van der Waals surface area contributed by atoms with Crippen molar-refractivity contribution in [3.05, 3.63) is 11.6 Å². The van der Waals surface area contributed by atoms with E-state index in [1.807, 2.05) is 0 Å². The molecule has 0 aromatic carbocycles. The van der Waals surface area contributed by atoms with Gasteiger partial charge in [-0.15, -0.1) is 0 Å². The van der Waals surface area contributed by atoms with Crippen LogP contribution in [0.3, 0.4) is 0 Å². The SMILES string of the molecule is CO[C@@H]1[C@@H](O)[C@H](C)OC(O[C@H]2CC[C@]3(C)C4CC[C@]5(C)[C@@H](C6=CC(=O)OC6)CC[C@]5(O)C4CC[C@@H]3C2)[C@H]1O. The Kier molecular flexibility index (Phi) is 6.80. The second-order valence-corrected chi connectivity index (χ2v) is 13.7. The average Bonchev–Trinajstić information content (AvgIpc) is 3.43.